The summed E-state index contributed by atoms with van der Waals surface area (Å²) >= 11 is 3.25. The largest absolute Gasteiger partial charge is 0.392 e. The van der Waals surface area contributed by atoms with E-state index >= 15 is 0 Å². The minimum atomic E-state index is 0.0498. The van der Waals surface area contributed by atoms with E-state index in [9.17, 15) is 0 Å². The van der Waals surface area contributed by atoms with Crippen LogP contribution in [0.2, 0.25) is 0 Å². The van der Waals surface area contributed by atoms with Crippen LogP contribution in [0.1, 0.15) is 19.5 Å². The number of pyridine rings is 1. The van der Waals surface area contributed by atoms with Crippen LogP contribution in [0.5, 0.6) is 0 Å². The highest BCUT2D eigenvalue weighted by Gasteiger charge is 1.88. The SMILES string of the molecule is CC.OC/C=C/c1cccc(Br)n1. The average Bonchev–Trinajstić information content (AvgIpc) is 2.18. The van der Waals surface area contributed by atoms with Gasteiger partial charge in [0.05, 0.1) is 12.3 Å². The van der Waals surface area contributed by atoms with Crippen molar-refractivity contribution in [2.24, 2.45) is 0 Å². The second-order valence-electron chi connectivity index (χ2n) is 1.97. The molecule has 0 atom stereocenters. The minimum absolute atomic E-state index is 0.0498. The van der Waals surface area contributed by atoms with E-state index in [1.54, 1.807) is 12.2 Å². The first-order valence-electron chi connectivity index (χ1n) is 4.23. The topological polar surface area (TPSA) is 33.1 Å². The summed E-state index contributed by atoms with van der Waals surface area (Å²) in [6.07, 6.45) is 3.42. The molecular weight excluding hydrogens is 230 g/mol. The van der Waals surface area contributed by atoms with Crippen molar-refractivity contribution in [3.8, 4) is 0 Å². The summed E-state index contributed by atoms with van der Waals surface area (Å²) in [4.78, 5) is 4.13. The van der Waals surface area contributed by atoms with Crippen molar-refractivity contribution in [3.63, 3.8) is 0 Å². The molecule has 72 valence electrons. The molecule has 1 aromatic rings. The molecule has 0 aliphatic heterocycles. The van der Waals surface area contributed by atoms with E-state index in [1.165, 1.54) is 0 Å². The van der Waals surface area contributed by atoms with E-state index in [0.717, 1.165) is 10.3 Å². The lowest BCUT2D eigenvalue weighted by molar-refractivity contribution is 0.343. The van der Waals surface area contributed by atoms with Crippen molar-refractivity contribution >= 4 is 22.0 Å². The molecule has 3 heteroatoms. The molecule has 0 aliphatic rings. The third kappa shape index (κ3) is 5.55. The van der Waals surface area contributed by atoms with E-state index in [4.69, 9.17) is 5.11 Å². The van der Waals surface area contributed by atoms with Crippen LogP contribution in [-0.4, -0.2) is 16.7 Å². The van der Waals surface area contributed by atoms with E-state index < -0.39 is 0 Å². The molecular formula is C10H14BrNO. The molecule has 0 spiro atoms. The van der Waals surface area contributed by atoms with Gasteiger partial charge in [-0.05, 0) is 34.1 Å². The molecule has 1 N–H and O–H groups in total. The molecule has 0 radical (unpaired) electrons. The third-order valence-electron chi connectivity index (χ3n) is 1.13. The molecule has 0 amide bonds. The Labute approximate surface area is 87.5 Å². The lowest BCUT2D eigenvalue weighted by Crippen LogP contribution is -1.80. The van der Waals surface area contributed by atoms with Gasteiger partial charge < -0.3 is 5.11 Å². The van der Waals surface area contributed by atoms with Crippen LogP contribution in [0.15, 0.2) is 28.9 Å². The molecule has 1 heterocycles. The summed E-state index contributed by atoms with van der Waals surface area (Å²) in [5, 5.41) is 8.47. The van der Waals surface area contributed by atoms with Crippen molar-refractivity contribution in [1.29, 1.82) is 0 Å². The minimum Gasteiger partial charge on any atom is -0.392 e. The van der Waals surface area contributed by atoms with E-state index in [2.05, 4.69) is 20.9 Å². The number of halogens is 1. The molecule has 0 unspecified atom stereocenters. The van der Waals surface area contributed by atoms with Crippen molar-refractivity contribution in [2.75, 3.05) is 6.61 Å². The molecule has 13 heavy (non-hydrogen) atoms. The van der Waals surface area contributed by atoms with Gasteiger partial charge in [-0.25, -0.2) is 4.98 Å². The third-order valence-corrected chi connectivity index (χ3v) is 1.57. The summed E-state index contributed by atoms with van der Waals surface area (Å²) < 4.78 is 0.803. The van der Waals surface area contributed by atoms with Gasteiger partial charge in [0.25, 0.3) is 0 Å². The number of hydrogen-bond acceptors (Lipinski definition) is 2. The van der Waals surface area contributed by atoms with E-state index in [0.29, 0.717) is 0 Å². The maximum absolute atomic E-state index is 8.47. The summed E-state index contributed by atoms with van der Waals surface area (Å²) in [5.41, 5.74) is 0.841. The summed E-state index contributed by atoms with van der Waals surface area (Å²) in [6, 6.07) is 5.63. The molecule has 0 aromatic carbocycles. The van der Waals surface area contributed by atoms with Gasteiger partial charge in [-0.3, -0.25) is 0 Å². The van der Waals surface area contributed by atoms with Gasteiger partial charge in [-0.15, -0.1) is 0 Å². The lowest BCUT2D eigenvalue weighted by atomic mass is 10.3. The summed E-state index contributed by atoms with van der Waals surface area (Å²) in [6.45, 7) is 4.05. The highest BCUT2D eigenvalue weighted by molar-refractivity contribution is 9.10. The van der Waals surface area contributed by atoms with Gasteiger partial charge in [0.15, 0.2) is 0 Å². The predicted molar refractivity (Wildman–Crippen MR) is 59.4 cm³/mol. The summed E-state index contributed by atoms with van der Waals surface area (Å²) in [5.74, 6) is 0. The van der Waals surface area contributed by atoms with Gasteiger partial charge >= 0.3 is 0 Å². The van der Waals surface area contributed by atoms with Crippen LogP contribution in [0, 0.1) is 0 Å². The maximum Gasteiger partial charge on any atom is 0.106 e. The Balaban J connectivity index is 0.000000671. The van der Waals surface area contributed by atoms with E-state index in [1.807, 2.05) is 32.0 Å². The van der Waals surface area contributed by atoms with Gasteiger partial charge in [0, 0.05) is 0 Å². The smallest absolute Gasteiger partial charge is 0.106 e. The number of aromatic nitrogens is 1. The fourth-order valence-corrected chi connectivity index (χ4v) is 1.05. The van der Waals surface area contributed by atoms with Crippen molar-refractivity contribution < 1.29 is 5.11 Å². The lowest BCUT2D eigenvalue weighted by Gasteiger charge is -1.91. The molecule has 1 aromatic heterocycles. The van der Waals surface area contributed by atoms with Crippen LogP contribution in [0.3, 0.4) is 0 Å². The molecule has 2 nitrogen and oxygen atoms in total. The van der Waals surface area contributed by atoms with Crippen molar-refractivity contribution in [2.45, 2.75) is 13.8 Å². The Morgan fingerprint density at radius 1 is 1.46 bits per heavy atom. The number of aliphatic hydroxyl groups is 1. The zero-order valence-electron chi connectivity index (χ0n) is 7.87. The summed E-state index contributed by atoms with van der Waals surface area (Å²) in [7, 11) is 0. The van der Waals surface area contributed by atoms with Gasteiger partial charge in [0.2, 0.25) is 0 Å². The molecule has 0 bridgehead atoms. The number of rotatable bonds is 2. The number of aliphatic hydroxyl groups excluding tert-OH is 1. The fourth-order valence-electron chi connectivity index (χ4n) is 0.690. The number of hydrogen-bond donors (Lipinski definition) is 1. The number of nitrogens with zero attached hydrogens (tertiary/aromatic N) is 1. The van der Waals surface area contributed by atoms with Crippen LogP contribution in [0.4, 0.5) is 0 Å². The average molecular weight is 244 g/mol. The normalized spacial score (nSPS) is 9.54. The van der Waals surface area contributed by atoms with E-state index in [-0.39, 0.29) is 6.61 Å². The first-order valence-corrected chi connectivity index (χ1v) is 5.02. The van der Waals surface area contributed by atoms with Gasteiger partial charge in [-0.2, -0.15) is 0 Å². The van der Waals surface area contributed by atoms with Gasteiger partial charge in [-0.1, -0.05) is 26.0 Å². The molecule has 1 rings (SSSR count). The zero-order valence-corrected chi connectivity index (χ0v) is 9.45. The Morgan fingerprint density at radius 2 is 2.15 bits per heavy atom. The molecule has 0 fully saturated rings. The Kier molecular flexibility index (Phi) is 7.54. The van der Waals surface area contributed by atoms with Crippen LogP contribution < -0.4 is 0 Å². The quantitative estimate of drug-likeness (QED) is 0.811. The van der Waals surface area contributed by atoms with Crippen molar-refractivity contribution in [3.05, 3.63) is 34.6 Å². The van der Waals surface area contributed by atoms with Crippen molar-refractivity contribution in [1.82, 2.24) is 4.98 Å². The molecule has 0 saturated carbocycles. The maximum atomic E-state index is 8.47. The standard InChI is InChI=1S/C8H8BrNO.C2H6/c9-8-5-1-3-7(10-8)4-2-6-11;1-2/h1-5,11H,6H2;1-2H3/b4-2+;. The van der Waals surface area contributed by atoms with Crippen LogP contribution in [0.25, 0.3) is 6.08 Å². The zero-order chi connectivity index (χ0) is 10.1. The second-order valence-corrected chi connectivity index (χ2v) is 2.78. The highest BCUT2D eigenvalue weighted by Crippen LogP contribution is 2.06. The van der Waals surface area contributed by atoms with Gasteiger partial charge in [0.1, 0.15) is 4.60 Å². The first kappa shape index (κ1) is 12.3. The molecule has 0 aliphatic carbocycles. The fraction of sp³-hybridized carbons (Fsp3) is 0.300. The first-order chi connectivity index (χ1) is 6.33. The Hall–Kier alpha value is -0.670. The second kappa shape index (κ2) is 7.95. The Bertz CT molecular complexity index is 261. The van der Waals surface area contributed by atoms with Crippen LogP contribution in [-0.2, 0) is 0 Å². The van der Waals surface area contributed by atoms with Crippen LogP contribution >= 0.6 is 15.9 Å². The highest BCUT2D eigenvalue weighted by atomic mass is 79.9. The molecule has 0 saturated heterocycles. The Morgan fingerprint density at radius 3 is 2.69 bits per heavy atom. The monoisotopic (exact) mass is 243 g/mol. The predicted octanol–water partition coefficient (Wildman–Crippen LogP) is 2.88.